The number of carbonyl (C=O) groups excluding carboxylic acids is 2. The Bertz CT molecular complexity index is 784. The quantitative estimate of drug-likeness (QED) is 0.496. The lowest BCUT2D eigenvalue weighted by Crippen LogP contribution is -2.43. The molecule has 20 heavy (non-hydrogen) atoms. The van der Waals surface area contributed by atoms with Gasteiger partial charge in [-0.15, -0.1) is 0 Å². The van der Waals surface area contributed by atoms with Gasteiger partial charge in [0.15, 0.2) is 5.54 Å². The monoisotopic (exact) mass is 265 g/mol. The highest BCUT2D eigenvalue weighted by molar-refractivity contribution is 6.14. The average molecular weight is 265 g/mol. The maximum absolute atomic E-state index is 12.4. The standard InChI is InChI=1S/C15H11N3O2/c16-11-7-3-6-10-12(11)8-4-1-2-5-9(8)15(10)13(19)17-14(20)18-15/h1-7H,16H2,(H2,17,18,19,20). The number of carbonyl (C=O) groups is 2. The topological polar surface area (TPSA) is 84.2 Å². The molecular weight excluding hydrogens is 254 g/mol. The number of nitrogen functional groups attached to an aromatic ring is 1. The fourth-order valence-corrected chi connectivity index (χ4v) is 3.19. The van der Waals surface area contributed by atoms with E-state index in [-0.39, 0.29) is 5.91 Å². The first kappa shape index (κ1) is 11.0. The minimum absolute atomic E-state index is 0.362. The Labute approximate surface area is 114 Å². The van der Waals surface area contributed by atoms with Gasteiger partial charge < -0.3 is 11.1 Å². The Kier molecular flexibility index (Phi) is 1.87. The summed E-state index contributed by atoms with van der Waals surface area (Å²) in [6, 6.07) is 12.4. The normalized spacial score (nSPS) is 22.4. The third-order valence-electron chi connectivity index (χ3n) is 3.97. The molecule has 4 N–H and O–H groups in total. The number of nitrogens with two attached hydrogens (primary N) is 1. The summed E-state index contributed by atoms with van der Waals surface area (Å²) in [4.78, 5) is 24.1. The van der Waals surface area contributed by atoms with Gasteiger partial charge >= 0.3 is 6.03 Å². The third-order valence-corrected chi connectivity index (χ3v) is 3.97. The molecule has 0 radical (unpaired) electrons. The lowest BCUT2D eigenvalue weighted by atomic mass is 9.87. The number of urea groups is 1. The van der Waals surface area contributed by atoms with Crippen molar-refractivity contribution in [3.8, 4) is 11.1 Å². The summed E-state index contributed by atoms with van der Waals surface area (Å²) < 4.78 is 0. The van der Waals surface area contributed by atoms with Crippen molar-refractivity contribution < 1.29 is 9.59 Å². The summed E-state index contributed by atoms with van der Waals surface area (Å²) in [5, 5.41) is 5.08. The predicted octanol–water partition coefficient (Wildman–Crippen LogP) is 1.33. The zero-order valence-corrected chi connectivity index (χ0v) is 10.4. The molecule has 1 atom stereocenters. The molecule has 2 aromatic carbocycles. The first-order valence-corrected chi connectivity index (χ1v) is 6.27. The number of hydrogen-bond acceptors (Lipinski definition) is 3. The van der Waals surface area contributed by atoms with Gasteiger partial charge in [-0.25, -0.2) is 4.79 Å². The van der Waals surface area contributed by atoms with Crippen LogP contribution in [0.15, 0.2) is 42.5 Å². The van der Waals surface area contributed by atoms with E-state index in [1.165, 1.54) is 0 Å². The molecule has 1 aliphatic heterocycles. The molecule has 0 aromatic heterocycles. The smallest absolute Gasteiger partial charge is 0.322 e. The van der Waals surface area contributed by atoms with Gasteiger partial charge in [0, 0.05) is 16.8 Å². The summed E-state index contributed by atoms with van der Waals surface area (Å²) in [5.41, 5.74) is 8.71. The molecule has 5 nitrogen and oxygen atoms in total. The Morgan fingerprint density at radius 3 is 2.45 bits per heavy atom. The van der Waals surface area contributed by atoms with Crippen LogP contribution in [-0.2, 0) is 10.3 Å². The van der Waals surface area contributed by atoms with Gasteiger partial charge in [0.05, 0.1) is 0 Å². The number of imide groups is 1. The van der Waals surface area contributed by atoms with E-state index in [4.69, 9.17) is 5.73 Å². The van der Waals surface area contributed by atoms with Crippen LogP contribution in [0.3, 0.4) is 0 Å². The van der Waals surface area contributed by atoms with Crippen LogP contribution in [-0.4, -0.2) is 11.9 Å². The average Bonchev–Trinajstić information content (AvgIpc) is 2.89. The molecule has 1 saturated heterocycles. The minimum Gasteiger partial charge on any atom is -0.398 e. The van der Waals surface area contributed by atoms with Gasteiger partial charge in [0.2, 0.25) is 0 Å². The summed E-state index contributed by atoms with van der Waals surface area (Å²) in [7, 11) is 0. The van der Waals surface area contributed by atoms with Crippen molar-refractivity contribution >= 4 is 17.6 Å². The van der Waals surface area contributed by atoms with Crippen LogP contribution in [0.2, 0.25) is 0 Å². The number of nitrogens with one attached hydrogen (secondary N) is 2. The highest BCUT2D eigenvalue weighted by Crippen LogP contribution is 2.50. The Balaban J connectivity index is 2.15. The predicted molar refractivity (Wildman–Crippen MR) is 73.7 cm³/mol. The van der Waals surface area contributed by atoms with E-state index in [9.17, 15) is 9.59 Å². The number of anilines is 1. The fraction of sp³-hybridized carbons (Fsp3) is 0.0667. The van der Waals surface area contributed by atoms with E-state index in [2.05, 4.69) is 10.6 Å². The molecule has 1 heterocycles. The number of fused-ring (bicyclic) bond motifs is 5. The van der Waals surface area contributed by atoms with Crippen LogP contribution >= 0.6 is 0 Å². The zero-order chi connectivity index (χ0) is 13.9. The first-order valence-electron chi connectivity index (χ1n) is 6.27. The van der Waals surface area contributed by atoms with Gasteiger partial charge in [0.25, 0.3) is 5.91 Å². The second-order valence-corrected chi connectivity index (χ2v) is 4.97. The largest absolute Gasteiger partial charge is 0.398 e. The molecule has 1 unspecified atom stereocenters. The summed E-state index contributed by atoms with van der Waals surface area (Å²) in [6.45, 7) is 0. The van der Waals surface area contributed by atoms with Crippen LogP contribution < -0.4 is 16.4 Å². The second kappa shape index (κ2) is 3.39. The van der Waals surface area contributed by atoms with Crippen molar-refractivity contribution in [2.45, 2.75) is 5.54 Å². The van der Waals surface area contributed by atoms with Crippen LogP contribution in [0.1, 0.15) is 11.1 Å². The number of hydrogen-bond donors (Lipinski definition) is 3. The van der Waals surface area contributed by atoms with Gasteiger partial charge in [-0.1, -0.05) is 36.4 Å². The molecule has 98 valence electrons. The van der Waals surface area contributed by atoms with E-state index in [1.807, 2.05) is 30.3 Å². The SMILES string of the molecule is Nc1cccc2c1-c1ccccc1C21NC(=O)NC1=O. The van der Waals surface area contributed by atoms with Crippen molar-refractivity contribution in [1.29, 1.82) is 0 Å². The molecule has 0 bridgehead atoms. The summed E-state index contributed by atoms with van der Waals surface area (Å²) in [5.74, 6) is -0.362. The summed E-state index contributed by atoms with van der Waals surface area (Å²) in [6.07, 6.45) is 0. The molecule has 1 fully saturated rings. The van der Waals surface area contributed by atoms with Gasteiger partial charge in [-0.05, 0) is 17.2 Å². The molecule has 1 aliphatic carbocycles. The van der Waals surface area contributed by atoms with Gasteiger partial charge in [-0.2, -0.15) is 0 Å². The number of benzene rings is 2. The van der Waals surface area contributed by atoms with Crippen molar-refractivity contribution in [2.75, 3.05) is 5.73 Å². The van der Waals surface area contributed by atoms with E-state index in [0.29, 0.717) is 5.69 Å². The molecule has 3 amide bonds. The van der Waals surface area contributed by atoms with E-state index >= 15 is 0 Å². The number of rotatable bonds is 0. The molecule has 2 aliphatic rings. The molecule has 1 spiro atoms. The first-order chi connectivity index (χ1) is 9.64. The van der Waals surface area contributed by atoms with Crippen molar-refractivity contribution in [3.05, 3.63) is 53.6 Å². The summed E-state index contributed by atoms with van der Waals surface area (Å²) >= 11 is 0. The van der Waals surface area contributed by atoms with Crippen molar-refractivity contribution in [3.63, 3.8) is 0 Å². The molecule has 0 saturated carbocycles. The van der Waals surface area contributed by atoms with Gasteiger partial charge in [0.1, 0.15) is 0 Å². The van der Waals surface area contributed by atoms with Crippen LogP contribution in [0.25, 0.3) is 11.1 Å². The fourth-order valence-electron chi connectivity index (χ4n) is 3.19. The maximum Gasteiger partial charge on any atom is 0.322 e. The molecule has 4 rings (SSSR count). The Hall–Kier alpha value is -2.82. The zero-order valence-electron chi connectivity index (χ0n) is 10.4. The maximum atomic E-state index is 12.4. The minimum atomic E-state index is -1.15. The van der Waals surface area contributed by atoms with E-state index in [1.54, 1.807) is 12.1 Å². The molecular formula is C15H11N3O2. The van der Waals surface area contributed by atoms with Gasteiger partial charge in [-0.3, -0.25) is 10.1 Å². The lowest BCUT2D eigenvalue weighted by molar-refractivity contribution is -0.122. The van der Waals surface area contributed by atoms with Crippen LogP contribution in [0, 0.1) is 0 Å². The Morgan fingerprint density at radius 2 is 1.70 bits per heavy atom. The second-order valence-electron chi connectivity index (χ2n) is 4.97. The third kappa shape index (κ3) is 1.08. The Morgan fingerprint density at radius 1 is 0.950 bits per heavy atom. The molecule has 5 heteroatoms. The van der Waals surface area contributed by atoms with Crippen LogP contribution in [0.5, 0.6) is 0 Å². The van der Waals surface area contributed by atoms with E-state index in [0.717, 1.165) is 22.3 Å². The number of amides is 3. The van der Waals surface area contributed by atoms with Crippen molar-refractivity contribution in [2.24, 2.45) is 0 Å². The molecule has 2 aromatic rings. The van der Waals surface area contributed by atoms with Crippen LogP contribution in [0.4, 0.5) is 10.5 Å². The lowest BCUT2D eigenvalue weighted by Gasteiger charge is -2.23. The van der Waals surface area contributed by atoms with Crippen molar-refractivity contribution in [1.82, 2.24) is 10.6 Å². The van der Waals surface area contributed by atoms with E-state index < -0.39 is 11.6 Å². The highest BCUT2D eigenvalue weighted by Gasteiger charge is 2.55. The highest BCUT2D eigenvalue weighted by atomic mass is 16.2.